The molecular weight excluding hydrogens is 835 g/mol. The highest BCUT2D eigenvalue weighted by molar-refractivity contribution is 5.80. The van der Waals surface area contributed by atoms with E-state index in [0.29, 0.717) is 19.3 Å². The van der Waals surface area contributed by atoms with Gasteiger partial charge in [0, 0.05) is 0 Å². The van der Waals surface area contributed by atoms with Gasteiger partial charge >= 0.3 is 0 Å². The Kier molecular flexibility index (Phi) is 41.7. The van der Waals surface area contributed by atoms with E-state index in [2.05, 4.69) is 67.8 Å². The number of hydrogen-bond acceptors (Lipinski definition) is 10. The molecule has 9 unspecified atom stereocenters. The first-order chi connectivity index (χ1) is 32.2. The maximum atomic E-state index is 13.1. The Hall–Kier alpha value is -1.93. The highest BCUT2D eigenvalue weighted by atomic mass is 16.7. The Morgan fingerprint density at radius 1 is 0.545 bits per heavy atom. The van der Waals surface area contributed by atoms with Gasteiger partial charge in [-0.05, 0) is 77.0 Å². The third-order valence-corrected chi connectivity index (χ3v) is 12.8. The molecule has 1 rings (SSSR count). The quantitative estimate of drug-likeness (QED) is 0.0216. The molecule has 11 nitrogen and oxygen atoms in total. The van der Waals surface area contributed by atoms with Gasteiger partial charge in [-0.15, -0.1) is 0 Å². The molecule has 0 radical (unpaired) electrons. The van der Waals surface area contributed by atoms with Gasteiger partial charge in [-0.3, -0.25) is 4.79 Å². The SMILES string of the molecule is CC/C=C\C/C=C\CCCCCCCCCCCCCCCC(O)C(=O)NC(COC1OC(CO)C(O)C(O)C1O)C(O)C(O)CCC/C=C/CC/C=C/CCCCCCCCCCCC. The molecule has 0 aromatic rings. The van der Waals surface area contributed by atoms with Crippen molar-refractivity contribution in [2.24, 2.45) is 0 Å². The minimum absolute atomic E-state index is 0.245. The molecule has 9 atom stereocenters. The smallest absolute Gasteiger partial charge is 0.249 e. The lowest BCUT2D eigenvalue weighted by Crippen LogP contribution is -2.60. The van der Waals surface area contributed by atoms with Crippen LogP contribution in [0.25, 0.3) is 0 Å². The van der Waals surface area contributed by atoms with Crippen LogP contribution in [0.15, 0.2) is 48.6 Å². The minimum atomic E-state index is -1.67. The Morgan fingerprint density at radius 3 is 1.52 bits per heavy atom. The summed E-state index contributed by atoms with van der Waals surface area (Å²) in [6.07, 6.45) is 43.0. The fraction of sp³-hybridized carbons (Fsp3) is 0.836. The van der Waals surface area contributed by atoms with Gasteiger partial charge in [0.15, 0.2) is 6.29 Å². The van der Waals surface area contributed by atoms with Crippen LogP contribution in [0, 0.1) is 0 Å². The summed E-state index contributed by atoms with van der Waals surface area (Å²) in [6, 6.07) is -1.19. The van der Waals surface area contributed by atoms with Crippen LogP contribution in [0.1, 0.15) is 226 Å². The van der Waals surface area contributed by atoms with E-state index >= 15 is 0 Å². The molecule has 1 aliphatic rings. The van der Waals surface area contributed by atoms with Crippen LogP contribution in [0.4, 0.5) is 0 Å². The lowest BCUT2D eigenvalue weighted by Gasteiger charge is -2.40. The standard InChI is InChI=1S/C55H101NO10/c1-3-5-7-9-11-13-15-17-19-21-23-25-27-29-31-33-35-37-39-41-43-48(59)54(64)56-46(45-65-55-53(63)52(62)51(61)49(44-57)66-55)50(60)47(58)42-40-38-36-34-32-30-28-26-24-22-20-18-16-14-12-10-8-6-4-2/h5,7,11,13,26,28,34,36,46-53,55,57-63H,3-4,6,8-10,12,14-25,27,29-33,35,37-45H2,1-2H3,(H,56,64)/b7-5-,13-11-,28-26+,36-34+. The van der Waals surface area contributed by atoms with Gasteiger partial charge in [-0.2, -0.15) is 0 Å². The van der Waals surface area contributed by atoms with Crippen LogP contribution in [-0.4, -0.2) is 110 Å². The van der Waals surface area contributed by atoms with Crippen LogP contribution >= 0.6 is 0 Å². The first kappa shape index (κ1) is 62.1. The minimum Gasteiger partial charge on any atom is -0.394 e. The van der Waals surface area contributed by atoms with E-state index in [1.165, 1.54) is 128 Å². The Balaban J connectivity index is 2.39. The summed E-state index contributed by atoms with van der Waals surface area (Å²) in [4.78, 5) is 13.1. The molecule has 1 aliphatic heterocycles. The van der Waals surface area contributed by atoms with Crippen molar-refractivity contribution in [1.29, 1.82) is 0 Å². The summed E-state index contributed by atoms with van der Waals surface area (Å²) in [5.74, 6) is -0.712. The number of rotatable bonds is 45. The first-order valence-corrected chi connectivity index (χ1v) is 27.0. The second-order valence-electron chi connectivity index (χ2n) is 18.9. The fourth-order valence-corrected chi connectivity index (χ4v) is 8.44. The summed E-state index contributed by atoms with van der Waals surface area (Å²) in [6.45, 7) is 3.34. The number of ether oxygens (including phenoxy) is 2. The van der Waals surface area contributed by atoms with Crippen molar-refractivity contribution < 1.29 is 50.0 Å². The monoisotopic (exact) mass is 936 g/mol. The zero-order valence-corrected chi connectivity index (χ0v) is 41.9. The zero-order valence-electron chi connectivity index (χ0n) is 41.9. The first-order valence-electron chi connectivity index (χ1n) is 27.0. The van der Waals surface area contributed by atoms with E-state index < -0.39 is 74.2 Å². The summed E-state index contributed by atoms with van der Waals surface area (Å²) < 4.78 is 11.1. The third-order valence-electron chi connectivity index (χ3n) is 12.8. The fourth-order valence-electron chi connectivity index (χ4n) is 8.44. The van der Waals surface area contributed by atoms with Crippen molar-refractivity contribution in [3.8, 4) is 0 Å². The third kappa shape index (κ3) is 32.8. The van der Waals surface area contributed by atoms with Gasteiger partial charge in [0.2, 0.25) is 5.91 Å². The van der Waals surface area contributed by atoms with E-state index in [4.69, 9.17) is 9.47 Å². The maximum Gasteiger partial charge on any atom is 0.249 e. The van der Waals surface area contributed by atoms with Gasteiger partial charge in [-0.1, -0.05) is 197 Å². The van der Waals surface area contributed by atoms with Gasteiger partial charge in [0.1, 0.15) is 36.6 Å². The molecule has 1 heterocycles. The largest absolute Gasteiger partial charge is 0.394 e. The molecule has 0 aromatic heterocycles. The van der Waals surface area contributed by atoms with E-state index in [9.17, 15) is 40.5 Å². The lowest BCUT2D eigenvalue weighted by molar-refractivity contribution is -0.303. The molecule has 8 N–H and O–H groups in total. The number of hydrogen-bond donors (Lipinski definition) is 8. The van der Waals surface area contributed by atoms with Crippen LogP contribution in [0.3, 0.4) is 0 Å². The number of allylic oxidation sites excluding steroid dienone is 8. The summed E-state index contributed by atoms with van der Waals surface area (Å²) in [5, 5.41) is 76.0. The van der Waals surface area contributed by atoms with E-state index in [1.807, 2.05) is 0 Å². The van der Waals surface area contributed by atoms with Crippen molar-refractivity contribution in [2.75, 3.05) is 13.2 Å². The molecule has 0 saturated carbocycles. The van der Waals surface area contributed by atoms with Crippen LogP contribution in [0.5, 0.6) is 0 Å². The number of nitrogens with one attached hydrogen (secondary N) is 1. The van der Waals surface area contributed by atoms with Crippen LogP contribution in [0.2, 0.25) is 0 Å². The Morgan fingerprint density at radius 2 is 1.00 bits per heavy atom. The van der Waals surface area contributed by atoms with Crippen LogP contribution < -0.4 is 5.32 Å². The summed E-state index contributed by atoms with van der Waals surface area (Å²) in [7, 11) is 0. The molecule has 1 fully saturated rings. The second-order valence-corrected chi connectivity index (χ2v) is 18.9. The topological polar surface area (TPSA) is 189 Å². The normalized spacial score (nSPS) is 21.1. The molecule has 11 heteroatoms. The molecule has 386 valence electrons. The summed E-state index contributed by atoms with van der Waals surface area (Å²) >= 11 is 0. The van der Waals surface area contributed by atoms with Gasteiger partial charge in [-0.25, -0.2) is 0 Å². The maximum absolute atomic E-state index is 13.1. The second kappa shape index (κ2) is 44.3. The highest BCUT2D eigenvalue weighted by Crippen LogP contribution is 2.23. The van der Waals surface area contributed by atoms with Gasteiger partial charge in [0.05, 0.1) is 25.4 Å². The van der Waals surface area contributed by atoms with E-state index in [0.717, 1.165) is 51.4 Å². The zero-order chi connectivity index (χ0) is 48.3. The Labute approximate surface area is 402 Å². The van der Waals surface area contributed by atoms with Crippen molar-refractivity contribution >= 4 is 5.91 Å². The number of carbonyl (C=O) groups is 1. The number of aliphatic hydroxyl groups excluding tert-OH is 7. The van der Waals surface area contributed by atoms with Crippen molar-refractivity contribution in [2.45, 2.75) is 281 Å². The predicted octanol–water partition coefficient (Wildman–Crippen LogP) is 10.5. The molecular formula is C55H101NO10. The van der Waals surface area contributed by atoms with Crippen LogP contribution in [-0.2, 0) is 14.3 Å². The molecule has 1 saturated heterocycles. The molecule has 1 amide bonds. The van der Waals surface area contributed by atoms with E-state index in [1.54, 1.807) is 0 Å². The van der Waals surface area contributed by atoms with Crippen molar-refractivity contribution in [3.05, 3.63) is 48.6 Å². The highest BCUT2D eigenvalue weighted by Gasteiger charge is 2.44. The number of amides is 1. The molecule has 0 spiro atoms. The number of unbranched alkanes of at least 4 members (excludes halogenated alkanes) is 25. The van der Waals surface area contributed by atoms with Crippen molar-refractivity contribution in [1.82, 2.24) is 5.32 Å². The average Bonchev–Trinajstić information content (AvgIpc) is 3.32. The van der Waals surface area contributed by atoms with E-state index in [-0.39, 0.29) is 12.8 Å². The number of aliphatic hydroxyl groups is 7. The average molecular weight is 936 g/mol. The predicted molar refractivity (Wildman–Crippen MR) is 270 cm³/mol. The molecule has 0 aromatic carbocycles. The number of carbonyl (C=O) groups excluding carboxylic acids is 1. The molecule has 0 bridgehead atoms. The molecule has 66 heavy (non-hydrogen) atoms. The summed E-state index contributed by atoms with van der Waals surface area (Å²) in [5.41, 5.74) is 0. The van der Waals surface area contributed by atoms with Crippen molar-refractivity contribution in [3.63, 3.8) is 0 Å². The van der Waals surface area contributed by atoms with Gasteiger partial charge < -0.3 is 50.5 Å². The lowest BCUT2D eigenvalue weighted by atomic mass is 9.98. The molecule has 0 aliphatic carbocycles. The Bertz CT molecular complexity index is 1210. The van der Waals surface area contributed by atoms with Gasteiger partial charge in [0.25, 0.3) is 0 Å².